The molecular formula is C22H31N3O2. The molecule has 2 aliphatic rings. The van der Waals surface area contributed by atoms with Crippen LogP contribution < -0.4 is 0 Å². The fourth-order valence-corrected chi connectivity index (χ4v) is 3.90. The number of amidine groups is 1. The maximum atomic E-state index is 13.1. The summed E-state index contributed by atoms with van der Waals surface area (Å²) in [6.45, 7) is 8.22. The maximum absolute atomic E-state index is 13.1. The molecule has 27 heavy (non-hydrogen) atoms. The summed E-state index contributed by atoms with van der Waals surface area (Å²) in [6.07, 6.45) is 3.90. The summed E-state index contributed by atoms with van der Waals surface area (Å²) in [5.74, 6) is 1.09. The molecule has 1 N–H and O–H groups in total. The van der Waals surface area contributed by atoms with Crippen molar-refractivity contribution in [2.24, 2.45) is 4.99 Å². The average Bonchev–Trinajstić information content (AvgIpc) is 3.16. The normalized spacial score (nSPS) is 20.4. The van der Waals surface area contributed by atoms with E-state index in [1.165, 1.54) is 5.56 Å². The number of benzene rings is 1. The quantitative estimate of drug-likeness (QED) is 0.822. The summed E-state index contributed by atoms with van der Waals surface area (Å²) in [4.78, 5) is 21.5. The van der Waals surface area contributed by atoms with E-state index in [-0.39, 0.29) is 17.8 Å². The number of aliphatic hydroxyl groups is 1. The molecule has 0 aliphatic carbocycles. The van der Waals surface area contributed by atoms with Crippen LogP contribution in [0.4, 0.5) is 0 Å². The molecule has 1 amide bonds. The molecule has 0 radical (unpaired) electrons. The Morgan fingerprint density at radius 1 is 1.30 bits per heavy atom. The topological polar surface area (TPSA) is 56.1 Å². The van der Waals surface area contributed by atoms with E-state index < -0.39 is 0 Å². The average molecular weight is 370 g/mol. The highest BCUT2D eigenvalue weighted by Crippen LogP contribution is 2.29. The number of carbonyl (C=O) groups is 1. The molecule has 1 aromatic carbocycles. The van der Waals surface area contributed by atoms with Crippen molar-refractivity contribution in [2.45, 2.75) is 58.4 Å². The first-order chi connectivity index (χ1) is 13.0. The molecule has 0 saturated carbocycles. The Hall–Kier alpha value is -2.30. The standard InChI is InChI=1S/C22H31N3O2/c1-4-5-11-20-23-21(26)19(15-25(20)16(2)3)22(27)24-13-12-18(14-24)17-9-7-6-8-10-17/h6-10,16,18,26H,4-5,11-15H2,1-3H3/t18-/m0/s1. The summed E-state index contributed by atoms with van der Waals surface area (Å²) in [7, 11) is 0. The summed E-state index contributed by atoms with van der Waals surface area (Å²) in [5, 5.41) is 10.5. The second kappa shape index (κ2) is 8.59. The number of hydrogen-bond acceptors (Lipinski definition) is 4. The molecule has 2 heterocycles. The van der Waals surface area contributed by atoms with Crippen molar-refractivity contribution in [3.8, 4) is 0 Å². The highest BCUT2D eigenvalue weighted by molar-refractivity contribution is 5.97. The lowest BCUT2D eigenvalue weighted by Crippen LogP contribution is -2.44. The first-order valence-corrected chi connectivity index (χ1v) is 10.1. The van der Waals surface area contributed by atoms with Crippen LogP contribution in [0.2, 0.25) is 0 Å². The molecule has 0 aromatic heterocycles. The first kappa shape index (κ1) is 19.5. The monoisotopic (exact) mass is 369 g/mol. The molecule has 146 valence electrons. The second-order valence-electron chi connectivity index (χ2n) is 7.80. The maximum Gasteiger partial charge on any atom is 0.257 e. The van der Waals surface area contributed by atoms with Crippen LogP contribution in [0.15, 0.2) is 46.8 Å². The number of unbranched alkanes of at least 4 members (excludes halogenated alkanes) is 1. The van der Waals surface area contributed by atoms with Crippen LogP contribution in [0.25, 0.3) is 0 Å². The predicted octanol–water partition coefficient (Wildman–Crippen LogP) is 4.08. The van der Waals surface area contributed by atoms with Gasteiger partial charge in [-0.15, -0.1) is 0 Å². The molecule has 5 heteroatoms. The van der Waals surface area contributed by atoms with Crippen LogP contribution >= 0.6 is 0 Å². The lowest BCUT2D eigenvalue weighted by molar-refractivity contribution is -0.126. The smallest absolute Gasteiger partial charge is 0.257 e. The molecular weight excluding hydrogens is 338 g/mol. The summed E-state index contributed by atoms with van der Waals surface area (Å²) in [5.41, 5.74) is 1.70. The Balaban J connectivity index is 1.75. The third-order valence-corrected chi connectivity index (χ3v) is 5.55. The van der Waals surface area contributed by atoms with Crippen molar-refractivity contribution >= 4 is 11.7 Å². The fraction of sp³-hybridized carbons (Fsp3) is 0.545. The molecule has 1 aromatic rings. The van der Waals surface area contributed by atoms with Crippen LogP contribution in [0.1, 0.15) is 57.9 Å². The number of nitrogens with zero attached hydrogens (tertiary/aromatic N) is 3. The van der Waals surface area contributed by atoms with Gasteiger partial charge in [0.15, 0.2) is 0 Å². The van der Waals surface area contributed by atoms with Gasteiger partial charge in [0.2, 0.25) is 5.88 Å². The number of hydrogen-bond donors (Lipinski definition) is 1. The zero-order valence-electron chi connectivity index (χ0n) is 16.7. The third-order valence-electron chi connectivity index (χ3n) is 5.55. The summed E-state index contributed by atoms with van der Waals surface area (Å²) >= 11 is 0. The zero-order chi connectivity index (χ0) is 19.4. The molecule has 1 fully saturated rings. The van der Waals surface area contributed by atoms with Gasteiger partial charge in [-0.3, -0.25) is 4.79 Å². The van der Waals surface area contributed by atoms with E-state index in [0.717, 1.165) is 38.1 Å². The molecule has 0 unspecified atom stereocenters. The molecule has 0 spiro atoms. The van der Waals surface area contributed by atoms with E-state index in [1.54, 1.807) is 0 Å². The largest absolute Gasteiger partial charge is 0.493 e. The summed E-state index contributed by atoms with van der Waals surface area (Å²) in [6, 6.07) is 10.6. The van der Waals surface area contributed by atoms with Gasteiger partial charge in [0.25, 0.3) is 5.91 Å². The molecule has 3 rings (SSSR count). The van der Waals surface area contributed by atoms with Gasteiger partial charge in [-0.1, -0.05) is 43.7 Å². The van der Waals surface area contributed by atoms with E-state index in [4.69, 9.17) is 0 Å². The summed E-state index contributed by atoms with van der Waals surface area (Å²) < 4.78 is 0. The highest BCUT2D eigenvalue weighted by Gasteiger charge is 2.33. The van der Waals surface area contributed by atoms with Crippen molar-refractivity contribution < 1.29 is 9.90 Å². The lowest BCUT2D eigenvalue weighted by Gasteiger charge is -2.34. The van der Waals surface area contributed by atoms with Crippen LogP contribution in [-0.4, -0.2) is 52.3 Å². The predicted molar refractivity (Wildman–Crippen MR) is 109 cm³/mol. The van der Waals surface area contributed by atoms with Crippen molar-refractivity contribution in [1.82, 2.24) is 9.80 Å². The van der Waals surface area contributed by atoms with E-state index in [0.29, 0.717) is 24.6 Å². The van der Waals surface area contributed by atoms with Gasteiger partial charge >= 0.3 is 0 Å². The van der Waals surface area contributed by atoms with E-state index in [1.807, 2.05) is 23.1 Å². The fourth-order valence-electron chi connectivity index (χ4n) is 3.90. The molecule has 1 atom stereocenters. The Bertz CT molecular complexity index is 724. The van der Waals surface area contributed by atoms with E-state index in [2.05, 4.69) is 42.8 Å². The number of aliphatic hydroxyl groups excluding tert-OH is 1. The van der Waals surface area contributed by atoms with Crippen molar-refractivity contribution in [3.05, 3.63) is 47.4 Å². The number of aliphatic imine (C=N–C) groups is 1. The minimum absolute atomic E-state index is 0.0742. The highest BCUT2D eigenvalue weighted by atomic mass is 16.3. The Morgan fingerprint density at radius 2 is 2.04 bits per heavy atom. The van der Waals surface area contributed by atoms with E-state index >= 15 is 0 Å². The second-order valence-corrected chi connectivity index (χ2v) is 7.80. The Morgan fingerprint density at radius 3 is 2.70 bits per heavy atom. The Labute approximate surface area is 162 Å². The van der Waals surface area contributed by atoms with E-state index in [9.17, 15) is 9.90 Å². The molecule has 0 bridgehead atoms. The van der Waals surface area contributed by atoms with Gasteiger partial charge in [-0.2, -0.15) is 0 Å². The number of likely N-dealkylation sites (tertiary alicyclic amines) is 1. The van der Waals surface area contributed by atoms with Gasteiger partial charge in [-0.05, 0) is 32.3 Å². The molecule has 2 aliphatic heterocycles. The third kappa shape index (κ3) is 4.34. The van der Waals surface area contributed by atoms with Crippen molar-refractivity contribution in [1.29, 1.82) is 0 Å². The first-order valence-electron chi connectivity index (χ1n) is 10.1. The van der Waals surface area contributed by atoms with Gasteiger partial charge < -0.3 is 14.9 Å². The van der Waals surface area contributed by atoms with Gasteiger partial charge in [-0.25, -0.2) is 4.99 Å². The van der Waals surface area contributed by atoms with Crippen LogP contribution in [-0.2, 0) is 4.79 Å². The number of amides is 1. The SMILES string of the molecule is CCCCC1=NC(O)=C(C(=O)N2CC[C@H](c3ccccc3)C2)CN1C(C)C. The molecule has 5 nitrogen and oxygen atoms in total. The van der Waals surface area contributed by atoms with Gasteiger partial charge in [0.05, 0.1) is 12.1 Å². The lowest BCUT2D eigenvalue weighted by atomic mass is 9.99. The zero-order valence-corrected chi connectivity index (χ0v) is 16.7. The van der Waals surface area contributed by atoms with Crippen molar-refractivity contribution in [2.75, 3.05) is 19.6 Å². The van der Waals surface area contributed by atoms with Crippen LogP contribution in [0.5, 0.6) is 0 Å². The minimum atomic E-state index is -0.0915. The van der Waals surface area contributed by atoms with Gasteiger partial charge in [0, 0.05) is 31.5 Å². The molecule has 1 saturated heterocycles. The van der Waals surface area contributed by atoms with Crippen LogP contribution in [0, 0.1) is 0 Å². The Kier molecular flexibility index (Phi) is 6.19. The van der Waals surface area contributed by atoms with Crippen molar-refractivity contribution in [3.63, 3.8) is 0 Å². The number of carbonyl (C=O) groups excluding carboxylic acids is 1. The van der Waals surface area contributed by atoms with Gasteiger partial charge in [0.1, 0.15) is 5.84 Å². The number of rotatable bonds is 6. The van der Waals surface area contributed by atoms with Crippen LogP contribution in [0.3, 0.4) is 0 Å². The minimum Gasteiger partial charge on any atom is -0.493 e.